The number of unbranched alkanes of at least 4 members (excludes halogenated alkanes) is 2. The van der Waals surface area contributed by atoms with Gasteiger partial charge in [0, 0.05) is 130 Å². The van der Waals surface area contributed by atoms with Crippen molar-refractivity contribution in [3.8, 4) is 5.75 Å². The topological polar surface area (TPSA) is 549 Å². The number of guanidine groups is 1. The summed E-state index contributed by atoms with van der Waals surface area (Å²) in [6, 6.07) is 24.2. The van der Waals surface area contributed by atoms with Crippen LogP contribution >= 0.6 is 0 Å². The molecule has 2 aromatic heterocycles. The molecule has 0 spiro atoms. The number of nitrogens with zero attached hydrogens (tertiary/aromatic N) is 9. The molecule has 0 saturated carbocycles. The number of carboxylic acids is 1. The first kappa shape index (κ1) is 98.7. The van der Waals surface area contributed by atoms with Gasteiger partial charge in [-0.05, 0) is 184 Å². The number of aromatic hydroxyl groups is 1. The number of nitrogen functional groups attached to an aromatic ring is 1. The molecule has 3 atom stereocenters. The Labute approximate surface area is 715 Å². The quantitative estimate of drug-likeness (QED) is 0.00726. The number of alkyl halides is 3. The van der Waals surface area contributed by atoms with Crippen LogP contribution in [0.4, 0.5) is 41.9 Å². The predicted molar refractivity (Wildman–Crippen MR) is 457 cm³/mol. The zero-order chi connectivity index (χ0) is 87.4. The Hall–Kier alpha value is -12.4. The van der Waals surface area contributed by atoms with Gasteiger partial charge in [-0.25, -0.2) is 48.6 Å². The predicted octanol–water partition coefficient (Wildman–Crippen LogP) is 8.93. The van der Waals surface area contributed by atoms with E-state index in [9.17, 15) is 104 Å². The fourth-order valence-electron chi connectivity index (χ4n) is 14.6. The lowest BCUT2D eigenvalue weighted by molar-refractivity contribution is -0.438. The Morgan fingerprint density at radius 1 is 0.742 bits per heavy atom. The van der Waals surface area contributed by atoms with Crippen molar-refractivity contribution >= 4 is 133 Å². The maximum Gasteiger partial charge on any atom is 0.471 e. The molecule has 0 saturated heterocycles. The molecule has 6 heterocycles. The lowest BCUT2D eigenvalue weighted by atomic mass is 9.80. The molecule has 2 unspecified atom stereocenters. The molecule has 0 bridgehead atoms. The molecule has 0 radical (unpaired) electrons. The number of carbonyl (C=O) groups excluding carboxylic acids is 4. The van der Waals surface area contributed by atoms with Gasteiger partial charge in [0.2, 0.25) is 11.6 Å². The molecule has 2 amide bonds. The van der Waals surface area contributed by atoms with Crippen molar-refractivity contribution in [2.24, 2.45) is 26.6 Å². The number of ketones is 2. The van der Waals surface area contributed by atoms with E-state index in [2.05, 4.69) is 45.5 Å². The smallest absolute Gasteiger partial charge is 0.471 e. The van der Waals surface area contributed by atoms with Crippen molar-refractivity contribution in [2.45, 2.75) is 137 Å². The number of anilines is 4. The number of aromatic nitrogens is 4. The standard InChI is InChI=1S/C53H60N8O14S4.C26H23F3N6O6.4CH3/c1-52(2)41-28-38(78(70,71)72)18-20-43(41)60(24-5-7-26-76(64,65)66)46(52)22-14-33-10-9-11-34(15-23-47-53(3,4)42-29-39(79(73,74)75)19-21-44(42)61(47)25-6-8-27-77(67,68)69)40(33)30-45(62)35-12-16-36(17-13-35)55-31-37-32-56-49-48(57-37)50(63)59-51(54)58-49;27-26(28,29)24(41)35(12-16-11-31-21-20(32-16)22(38)34-25(30)33-21)17-5-3-14(4-6-17)19(37)10-15(23(39)40)9-13-1-7-18(36)8-2-13;;;;/h12-23,28-29,32H,5-11,24-27,30-31H2,1-4H3,(H7-,54,55,56,58,59,62,63,64,65,66,67,68,69,70,71,72,73,74,75);1-8,11,15,20-21,36H,9-10,12H2,(H,39,40)(H3,30,33,34,38);4*1H3/q;;4*+1/p-3/t;15-,20?,21?;;;;/m.1..../s1. The number of carbonyl (C=O) groups is 5. The molecule has 124 heavy (non-hydrogen) atoms. The van der Waals surface area contributed by atoms with Crippen molar-refractivity contribution in [1.29, 1.82) is 0 Å². The van der Waals surface area contributed by atoms with Crippen molar-refractivity contribution in [2.75, 3.05) is 52.0 Å². The van der Waals surface area contributed by atoms with E-state index >= 15 is 0 Å². The summed E-state index contributed by atoms with van der Waals surface area (Å²) < 4.78 is 185. The fourth-order valence-corrected chi connectivity index (χ4v) is 16.7. The number of allylic oxidation sites excluding steroid dienone is 8. The van der Waals surface area contributed by atoms with Crippen LogP contribution in [0.15, 0.2) is 192 Å². The summed E-state index contributed by atoms with van der Waals surface area (Å²) in [5.41, 5.74) is 16.4. The second-order valence-corrected chi connectivity index (χ2v) is 35.6. The van der Waals surface area contributed by atoms with E-state index in [1.165, 1.54) is 79.0 Å². The highest BCUT2D eigenvalue weighted by atomic mass is 32.2. The number of aliphatic imine (C=N–C) groups is 3. The van der Waals surface area contributed by atoms with Gasteiger partial charge in [-0.15, -0.1) is 0 Å². The molecule has 0 fully saturated rings. The molecule has 9 N–H and O–H groups in total. The van der Waals surface area contributed by atoms with Gasteiger partial charge in [-0.1, -0.05) is 38.1 Å². The number of aliphatic carboxylic acids is 1. The van der Waals surface area contributed by atoms with Crippen molar-refractivity contribution in [3.63, 3.8) is 0 Å². The van der Waals surface area contributed by atoms with E-state index in [1.54, 1.807) is 24.3 Å². The third-order valence-electron chi connectivity index (χ3n) is 20.7. The number of Topliss-reactive ketones (excluding diaryl/α,β-unsaturated/α-hetero) is 2. The number of phenols is 1. The summed E-state index contributed by atoms with van der Waals surface area (Å²) >= 11 is 0. The zero-order valence-corrected chi connectivity index (χ0v) is 71.9. The van der Waals surface area contributed by atoms with Crippen molar-refractivity contribution in [3.05, 3.63) is 236 Å². The second-order valence-electron chi connectivity index (χ2n) is 29.8. The minimum Gasteiger partial charge on any atom is -0.748 e. The number of hydrogen-bond donors (Lipinski definition) is 7. The van der Waals surface area contributed by atoms with E-state index in [-0.39, 0.29) is 139 Å². The number of amides is 2. The van der Waals surface area contributed by atoms with Gasteiger partial charge < -0.3 is 50.1 Å². The number of H-pyrrole nitrogens is 1. The average Bonchev–Trinajstić information content (AvgIpc) is 1.59. The maximum atomic E-state index is 14.6. The van der Waals surface area contributed by atoms with Gasteiger partial charge in [0.15, 0.2) is 46.6 Å². The van der Waals surface area contributed by atoms with E-state index < -0.39 is 139 Å². The first-order valence-corrected chi connectivity index (χ1v) is 43.2. The van der Waals surface area contributed by atoms with Gasteiger partial charge in [-0.2, -0.15) is 22.7 Å². The Kier molecular flexibility index (Phi) is 31.4. The van der Waals surface area contributed by atoms with Crippen molar-refractivity contribution < 1.29 is 104 Å². The van der Waals surface area contributed by atoms with Gasteiger partial charge in [0.05, 0.1) is 72.1 Å². The number of rotatable bonds is 30. The number of halogens is 3. The summed E-state index contributed by atoms with van der Waals surface area (Å²) in [5.74, 6) is -7.44. The van der Waals surface area contributed by atoms with Gasteiger partial charge >= 0.3 is 18.1 Å². The SMILES string of the molecule is CC1(C)C(/C=C/C2=C(CC(=O)c3ccc(NCc4cnc5nc(N)[nH]c(=O)c5n4)cc3)C(=C\C=C3/N(CCCCS(=O)(=O)[O-])c4ccc(S(=O)(=O)[O-])cc4C3(C)C)/CCC2)=[N+](CCCCS(=O)(=O)[O-])c2ccc(S(=O)(=O)[O-])cc21.NC1=NC2N=CC(CN(C(=O)C(F)(F)F)c3ccc(C(=O)C[C@@H](Cc4ccc(O)cc4)C(=O)O)cc3)=NC2C(=O)N1.[CH3+].[CH3+].[CH3+].[CH3+]. The van der Waals surface area contributed by atoms with Crippen LogP contribution in [0.25, 0.3) is 11.2 Å². The van der Waals surface area contributed by atoms with Crippen LogP contribution in [0.5, 0.6) is 5.75 Å². The number of nitrogens with two attached hydrogens (primary N) is 2. The molecular formula is C83H92F3N14O20S4+. The number of fused-ring (bicyclic) bond motifs is 4. The Bertz CT molecular complexity index is 6090. The highest BCUT2D eigenvalue weighted by Crippen LogP contribution is 2.50. The van der Waals surface area contributed by atoms with Crippen LogP contribution in [-0.2, 0) is 78.7 Å². The number of hydrogen-bond acceptors (Lipinski definition) is 29. The third kappa shape index (κ3) is 23.9. The Morgan fingerprint density at radius 2 is 1.35 bits per heavy atom. The number of nitrogens with one attached hydrogen (secondary N) is 3. The summed E-state index contributed by atoms with van der Waals surface area (Å²) in [7, 11) is -18.7. The van der Waals surface area contributed by atoms with Gasteiger partial charge in [-0.3, -0.25) is 54.0 Å². The molecule has 5 aliphatic rings. The fraction of sp³-hybridized carbons (Fsp3) is 0.313. The molecule has 7 aromatic rings. The lowest BCUT2D eigenvalue weighted by Gasteiger charge is -2.28. The van der Waals surface area contributed by atoms with E-state index in [1.807, 2.05) is 61.5 Å². The molecule has 41 heteroatoms. The molecule has 658 valence electrons. The third-order valence-corrected chi connectivity index (χ3v) is 23.9. The molecule has 1 aliphatic carbocycles. The summed E-state index contributed by atoms with van der Waals surface area (Å²) in [4.78, 5) is 104. The monoisotopic (exact) mass is 1790 g/mol. The Morgan fingerprint density at radius 3 is 1.98 bits per heavy atom. The molecule has 4 aliphatic heterocycles. The van der Waals surface area contributed by atoms with Crippen molar-refractivity contribution in [1.82, 2.24) is 25.3 Å². The second kappa shape index (κ2) is 39.4. The average molecular weight is 1790 g/mol. The van der Waals surface area contributed by atoms with E-state index in [0.29, 0.717) is 86.2 Å². The highest BCUT2D eigenvalue weighted by molar-refractivity contribution is 7.86. The van der Waals surface area contributed by atoms with Crippen LogP contribution < -0.4 is 37.5 Å². The minimum atomic E-state index is -5.26. The largest absolute Gasteiger partial charge is 0.748 e. The summed E-state index contributed by atoms with van der Waals surface area (Å²) in [6.45, 7) is 7.37. The van der Waals surface area contributed by atoms with Gasteiger partial charge in [0.25, 0.3) is 11.5 Å². The van der Waals surface area contributed by atoms with Crippen LogP contribution in [0, 0.1) is 35.6 Å². The minimum absolute atomic E-state index is 0. The first-order valence-electron chi connectivity index (χ1n) is 37.2. The van der Waals surface area contributed by atoms with E-state index in [0.717, 1.165) is 29.5 Å². The maximum absolute atomic E-state index is 14.6. The summed E-state index contributed by atoms with van der Waals surface area (Å²) in [5, 5.41) is 24.5. The van der Waals surface area contributed by atoms with Gasteiger partial charge in [0.1, 0.15) is 32.5 Å². The van der Waals surface area contributed by atoms with Crippen LogP contribution in [0.1, 0.15) is 129 Å². The Balaban J connectivity index is 0.000000397. The lowest BCUT2D eigenvalue weighted by Crippen LogP contribution is -2.53. The zero-order valence-electron chi connectivity index (χ0n) is 68.6. The molecule has 34 nitrogen and oxygen atoms in total. The normalized spacial score (nSPS) is 17.4. The summed E-state index contributed by atoms with van der Waals surface area (Å²) in [6.07, 6.45) is 5.67. The number of carboxylic acid groups (broad SMARTS) is 1. The van der Waals surface area contributed by atoms with Crippen LogP contribution in [-0.4, -0.2) is 189 Å². The molecular weight excluding hydrogens is 1700 g/mol. The number of phenolic OH excluding ortho intramolecular Hbond substituents is 1. The van der Waals surface area contributed by atoms with E-state index in [4.69, 9.17) is 11.5 Å². The highest BCUT2D eigenvalue weighted by Gasteiger charge is 2.47. The first-order chi connectivity index (χ1) is 56.2. The number of benzene rings is 5. The molecule has 5 aromatic carbocycles. The van der Waals surface area contributed by atoms with Crippen LogP contribution in [0.3, 0.4) is 0 Å². The number of aromatic amines is 1. The molecule has 12 rings (SSSR count). The van der Waals surface area contributed by atoms with Crippen LogP contribution in [0.2, 0.25) is 0 Å².